The minimum absolute atomic E-state index is 0.0123. The Morgan fingerprint density at radius 1 is 1.48 bits per heavy atom. The number of nitrogens with one attached hydrogen (secondary N) is 1. The number of epoxide rings is 1. The lowest BCUT2D eigenvalue weighted by atomic mass is 9.92. The highest BCUT2D eigenvalue weighted by molar-refractivity contribution is 6.00. The molecule has 23 heavy (non-hydrogen) atoms. The quantitative estimate of drug-likeness (QED) is 0.849. The van der Waals surface area contributed by atoms with Crippen LogP contribution in [0.3, 0.4) is 0 Å². The van der Waals surface area contributed by atoms with Crippen LogP contribution >= 0.6 is 0 Å². The molecule has 0 spiro atoms. The van der Waals surface area contributed by atoms with E-state index in [1.165, 1.54) is 0 Å². The molecule has 2 unspecified atom stereocenters. The first-order valence-corrected chi connectivity index (χ1v) is 7.94. The Morgan fingerprint density at radius 3 is 2.96 bits per heavy atom. The van der Waals surface area contributed by atoms with Crippen LogP contribution in [-0.2, 0) is 19.7 Å². The molecule has 1 aromatic rings. The summed E-state index contributed by atoms with van der Waals surface area (Å²) in [5.41, 5.74) is 2.61. The standard InChI is InChI=1S/C16H22N4O3/c1-16(2,3)10-7-11-17-12-9(13-15(23-13)20(11)18-10)8-19(14(12)21)5-6-22-4/h7,13,15,17H,5-6,8H2,1-4H3. The molecule has 2 atom stereocenters. The Hall–Kier alpha value is -1.86. The van der Waals surface area contributed by atoms with E-state index in [2.05, 4.69) is 31.2 Å². The molecule has 1 amide bonds. The highest BCUT2D eigenvalue weighted by Crippen LogP contribution is 2.46. The lowest BCUT2D eigenvalue weighted by Crippen LogP contribution is -2.32. The summed E-state index contributed by atoms with van der Waals surface area (Å²) in [5, 5.41) is 7.98. The van der Waals surface area contributed by atoms with E-state index in [9.17, 15) is 4.79 Å². The van der Waals surface area contributed by atoms with Crippen LogP contribution in [0.2, 0.25) is 0 Å². The van der Waals surface area contributed by atoms with Crippen LogP contribution in [0.25, 0.3) is 0 Å². The fourth-order valence-corrected chi connectivity index (χ4v) is 3.12. The lowest BCUT2D eigenvalue weighted by molar-refractivity contribution is -0.125. The van der Waals surface area contributed by atoms with E-state index < -0.39 is 0 Å². The number of rotatable bonds is 3. The third-order valence-corrected chi connectivity index (χ3v) is 4.56. The van der Waals surface area contributed by atoms with Crippen LogP contribution in [0, 0.1) is 0 Å². The van der Waals surface area contributed by atoms with Crippen LogP contribution in [0.1, 0.15) is 32.7 Å². The fraction of sp³-hybridized carbons (Fsp3) is 0.625. The summed E-state index contributed by atoms with van der Waals surface area (Å²) in [4.78, 5) is 14.4. The average Bonchev–Trinajstić information content (AvgIpc) is 3.08. The number of hydrogen-bond donors (Lipinski definition) is 1. The first-order valence-electron chi connectivity index (χ1n) is 7.94. The van der Waals surface area contributed by atoms with Gasteiger partial charge < -0.3 is 19.7 Å². The van der Waals surface area contributed by atoms with Gasteiger partial charge in [0.05, 0.1) is 12.3 Å². The second kappa shape index (κ2) is 4.82. The number of carbonyl (C=O) groups excluding carboxylic acids is 1. The third-order valence-electron chi connectivity index (χ3n) is 4.56. The molecule has 0 saturated carbocycles. The van der Waals surface area contributed by atoms with E-state index in [1.807, 2.05) is 10.7 Å². The van der Waals surface area contributed by atoms with Crippen molar-refractivity contribution in [1.82, 2.24) is 14.7 Å². The summed E-state index contributed by atoms with van der Waals surface area (Å²) < 4.78 is 12.8. The van der Waals surface area contributed by atoms with Gasteiger partial charge in [-0.25, -0.2) is 4.68 Å². The largest absolute Gasteiger partial charge is 0.383 e. The molecule has 3 aliphatic heterocycles. The van der Waals surface area contributed by atoms with Crippen molar-refractivity contribution in [3.8, 4) is 0 Å². The van der Waals surface area contributed by atoms with Gasteiger partial charge >= 0.3 is 0 Å². The second-order valence-corrected chi connectivity index (χ2v) is 7.30. The van der Waals surface area contributed by atoms with Crippen LogP contribution < -0.4 is 5.32 Å². The van der Waals surface area contributed by atoms with E-state index in [4.69, 9.17) is 9.47 Å². The van der Waals surface area contributed by atoms with E-state index in [-0.39, 0.29) is 23.7 Å². The van der Waals surface area contributed by atoms with Crippen molar-refractivity contribution in [1.29, 1.82) is 0 Å². The molecule has 7 nitrogen and oxygen atoms in total. The maximum atomic E-state index is 12.6. The number of methoxy groups -OCH3 is 1. The lowest BCUT2D eigenvalue weighted by Gasteiger charge is -2.16. The molecule has 0 radical (unpaired) electrons. The molecule has 4 rings (SSSR count). The normalized spacial score (nSPS) is 25.7. The van der Waals surface area contributed by atoms with Gasteiger partial charge in [-0.2, -0.15) is 5.10 Å². The summed E-state index contributed by atoms with van der Waals surface area (Å²) in [6, 6.07) is 2.01. The summed E-state index contributed by atoms with van der Waals surface area (Å²) in [6.07, 6.45) is -0.153. The SMILES string of the molecule is COCCN1CC2=C(Nc3cc(C(C)(C)C)nn3C3OC23)C1=O. The van der Waals surface area contributed by atoms with Crippen molar-refractivity contribution in [2.45, 2.75) is 38.5 Å². The minimum Gasteiger partial charge on any atom is -0.383 e. The Kier molecular flexibility index (Phi) is 3.08. The van der Waals surface area contributed by atoms with Gasteiger partial charge in [-0.3, -0.25) is 4.79 Å². The van der Waals surface area contributed by atoms with Crippen molar-refractivity contribution in [2.75, 3.05) is 32.1 Å². The predicted octanol–water partition coefficient (Wildman–Crippen LogP) is 1.25. The maximum absolute atomic E-state index is 12.6. The summed E-state index contributed by atoms with van der Waals surface area (Å²) in [5.74, 6) is 0.840. The molecule has 4 heterocycles. The number of fused-ring (bicyclic) bond motifs is 4. The van der Waals surface area contributed by atoms with Crippen molar-refractivity contribution in [2.24, 2.45) is 0 Å². The van der Waals surface area contributed by atoms with Gasteiger partial charge in [0.25, 0.3) is 5.91 Å². The number of anilines is 1. The first-order chi connectivity index (χ1) is 10.9. The summed E-state index contributed by atoms with van der Waals surface area (Å²) in [6.45, 7) is 8.10. The van der Waals surface area contributed by atoms with E-state index in [1.54, 1.807) is 12.0 Å². The number of nitrogens with zero attached hydrogens (tertiary/aromatic N) is 3. The Labute approximate surface area is 135 Å². The summed E-state index contributed by atoms with van der Waals surface area (Å²) >= 11 is 0. The van der Waals surface area contributed by atoms with Gasteiger partial charge in [0.2, 0.25) is 0 Å². The number of hydrogen-bond acceptors (Lipinski definition) is 5. The topological polar surface area (TPSA) is 71.9 Å². The molecule has 1 aromatic heterocycles. The van der Waals surface area contributed by atoms with Crippen LogP contribution in [0.15, 0.2) is 17.3 Å². The van der Waals surface area contributed by atoms with Crippen LogP contribution in [0.5, 0.6) is 0 Å². The number of carbonyl (C=O) groups is 1. The Bertz CT molecular complexity index is 701. The monoisotopic (exact) mass is 318 g/mol. The molecular formula is C16H22N4O3. The molecule has 1 saturated heterocycles. The van der Waals surface area contributed by atoms with Crippen LogP contribution in [0.4, 0.5) is 5.82 Å². The minimum atomic E-state index is -0.101. The third kappa shape index (κ3) is 2.26. The van der Waals surface area contributed by atoms with Gasteiger partial charge in [0.15, 0.2) is 6.23 Å². The maximum Gasteiger partial charge on any atom is 0.270 e. The van der Waals surface area contributed by atoms with Gasteiger partial charge in [-0.05, 0) is 0 Å². The second-order valence-electron chi connectivity index (χ2n) is 7.30. The number of amides is 1. The van der Waals surface area contributed by atoms with Gasteiger partial charge in [0, 0.05) is 37.3 Å². The van der Waals surface area contributed by atoms with E-state index in [0.717, 1.165) is 17.1 Å². The Balaban J connectivity index is 1.64. The zero-order valence-electron chi connectivity index (χ0n) is 13.9. The molecule has 0 bridgehead atoms. The number of aromatic nitrogens is 2. The van der Waals surface area contributed by atoms with Crippen LogP contribution in [-0.4, -0.2) is 53.5 Å². The van der Waals surface area contributed by atoms with E-state index in [0.29, 0.717) is 25.4 Å². The van der Waals surface area contributed by atoms with Gasteiger partial charge in [-0.1, -0.05) is 20.8 Å². The predicted molar refractivity (Wildman–Crippen MR) is 83.9 cm³/mol. The highest BCUT2D eigenvalue weighted by atomic mass is 16.6. The molecule has 1 fully saturated rings. The molecule has 0 aliphatic carbocycles. The molecule has 7 heteroatoms. The van der Waals surface area contributed by atoms with Gasteiger partial charge in [0.1, 0.15) is 17.6 Å². The molecular weight excluding hydrogens is 296 g/mol. The molecule has 0 aromatic carbocycles. The zero-order chi connectivity index (χ0) is 16.4. The molecule has 3 aliphatic rings. The summed E-state index contributed by atoms with van der Waals surface area (Å²) in [7, 11) is 1.64. The van der Waals surface area contributed by atoms with Crippen molar-refractivity contribution in [3.63, 3.8) is 0 Å². The first kappa shape index (κ1) is 14.7. The molecule has 1 N–H and O–H groups in total. The fourth-order valence-electron chi connectivity index (χ4n) is 3.12. The average molecular weight is 318 g/mol. The van der Waals surface area contributed by atoms with Crippen molar-refractivity contribution < 1.29 is 14.3 Å². The highest BCUT2D eigenvalue weighted by Gasteiger charge is 2.52. The van der Waals surface area contributed by atoms with Gasteiger partial charge in [-0.15, -0.1) is 0 Å². The van der Waals surface area contributed by atoms with Crippen molar-refractivity contribution in [3.05, 3.63) is 23.0 Å². The smallest absolute Gasteiger partial charge is 0.270 e. The number of ether oxygens (including phenoxy) is 2. The zero-order valence-corrected chi connectivity index (χ0v) is 13.9. The Morgan fingerprint density at radius 2 is 2.26 bits per heavy atom. The molecule has 124 valence electrons. The van der Waals surface area contributed by atoms with E-state index >= 15 is 0 Å². The van der Waals surface area contributed by atoms with Crippen molar-refractivity contribution >= 4 is 11.7 Å².